The molecule has 0 fully saturated rings. The van der Waals surface area contributed by atoms with Crippen LogP contribution >= 0.6 is 0 Å². The van der Waals surface area contributed by atoms with Gasteiger partial charge in [-0.3, -0.25) is 4.79 Å². The third-order valence-corrected chi connectivity index (χ3v) is 1.46. The minimum atomic E-state index is -0.156. The van der Waals surface area contributed by atoms with E-state index in [0.29, 0.717) is 23.0 Å². The van der Waals surface area contributed by atoms with Gasteiger partial charge in [-0.25, -0.2) is 0 Å². The van der Waals surface area contributed by atoms with Crippen molar-refractivity contribution in [2.45, 2.75) is 6.61 Å². The second-order valence-corrected chi connectivity index (χ2v) is 2.35. The van der Waals surface area contributed by atoms with Crippen LogP contribution in [0.25, 0.3) is 0 Å². The van der Waals surface area contributed by atoms with Gasteiger partial charge in [-0.2, -0.15) is 5.26 Å². The lowest BCUT2D eigenvalue weighted by molar-refractivity contribution is 0.112. The summed E-state index contributed by atoms with van der Waals surface area (Å²) in [4.78, 5) is 10.4. The molecule has 0 saturated carbocycles. The first-order valence-electron chi connectivity index (χ1n) is 3.40. The molecule has 3 nitrogen and oxygen atoms in total. The van der Waals surface area contributed by atoms with Crippen LogP contribution in [0.5, 0.6) is 0 Å². The normalized spacial score (nSPS) is 9.00. The van der Waals surface area contributed by atoms with E-state index in [9.17, 15) is 4.79 Å². The minimum Gasteiger partial charge on any atom is -0.392 e. The molecule has 1 rings (SSSR count). The largest absolute Gasteiger partial charge is 0.392 e. The molecule has 0 heterocycles. The lowest BCUT2D eigenvalue weighted by Crippen LogP contribution is -1.89. The summed E-state index contributed by atoms with van der Waals surface area (Å²) in [6, 6.07) is 6.48. The van der Waals surface area contributed by atoms with Gasteiger partial charge in [-0.05, 0) is 23.8 Å². The highest BCUT2D eigenvalue weighted by atomic mass is 16.3. The van der Waals surface area contributed by atoms with Crippen molar-refractivity contribution >= 4 is 6.29 Å². The smallest absolute Gasteiger partial charge is 0.150 e. The van der Waals surface area contributed by atoms with Gasteiger partial charge in [-0.15, -0.1) is 0 Å². The Labute approximate surface area is 69.9 Å². The Balaban J connectivity index is 3.21. The van der Waals surface area contributed by atoms with Gasteiger partial charge < -0.3 is 5.11 Å². The maximum Gasteiger partial charge on any atom is 0.150 e. The van der Waals surface area contributed by atoms with Crippen LogP contribution < -0.4 is 0 Å². The van der Waals surface area contributed by atoms with Crippen molar-refractivity contribution in [2.24, 2.45) is 0 Å². The molecule has 0 saturated heterocycles. The molecule has 0 atom stereocenters. The number of carbonyl (C=O) groups excluding carboxylic acids is 1. The Morgan fingerprint density at radius 3 is 2.75 bits per heavy atom. The molecule has 0 aromatic heterocycles. The lowest BCUT2D eigenvalue weighted by atomic mass is 10.1. The number of aliphatic hydroxyl groups excluding tert-OH is 1. The van der Waals surface area contributed by atoms with Crippen LogP contribution in [0.4, 0.5) is 0 Å². The summed E-state index contributed by atoms with van der Waals surface area (Å²) in [5, 5.41) is 17.3. The fraction of sp³-hybridized carbons (Fsp3) is 0.111. The van der Waals surface area contributed by atoms with E-state index in [1.165, 1.54) is 6.07 Å². The number of benzene rings is 1. The molecule has 0 spiro atoms. The maximum atomic E-state index is 10.4. The van der Waals surface area contributed by atoms with Crippen molar-refractivity contribution in [1.29, 1.82) is 5.26 Å². The molecule has 3 heteroatoms. The Bertz CT molecular complexity index is 339. The summed E-state index contributed by atoms with van der Waals surface area (Å²) >= 11 is 0. The van der Waals surface area contributed by atoms with Gasteiger partial charge in [0, 0.05) is 5.56 Å². The molecular weight excluding hydrogens is 154 g/mol. The van der Waals surface area contributed by atoms with Gasteiger partial charge in [0.15, 0.2) is 0 Å². The van der Waals surface area contributed by atoms with Crippen LogP contribution in [0.3, 0.4) is 0 Å². The maximum absolute atomic E-state index is 10.4. The number of nitriles is 1. The minimum absolute atomic E-state index is 0.156. The zero-order valence-corrected chi connectivity index (χ0v) is 6.32. The zero-order valence-electron chi connectivity index (χ0n) is 6.32. The summed E-state index contributed by atoms with van der Waals surface area (Å²) in [7, 11) is 0. The van der Waals surface area contributed by atoms with Gasteiger partial charge in [0.1, 0.15) is 6.29 Å². The van der Waals surface area contributed by atoms with Crippen molar-refractivity contribution in [3.05, 3.63) is 34.9 Å². The van der Waals surface area contributed by atoms with Crippen molar-refractivity contribution in [3.8, 4) is 6.07 Å². The molecule has 1 aromatic carbocycles. The van der Waals surface area contributed by atoms with Crippen LogP contribution in [0.1, 0.15) is 21.5 Å². The molecule has 0 amide bonds. The van der Waals surface area contributed by atoms with Gasteiger partial charge in [0.2, 0.25) is 0 Å². The number of hydrogen-bond donors (Lipinski definition) is 1. The Hall–Kier alpha value is -1.66. The summed E-state index contributed by atoms with van der Waals surface area (Å²) in [5.74, 6) is 0. The zero-order chi connectivity index (χ0) is 8.97. The van der Waals surface area contributed by atoms with E-state index >= 15 is 0 Å². The first-order chi connectivity index (χ1) is 5.80. The number of hydrogen-bond acceptors (Lipinski definition) is 3. The van der Waals surface area contributed by atoms with Gasteiger partial charge in [0.05, 0.1) is 18.2 Å². The lowest BCUT2D eigenvalue weighted by Gasteiger charge is -1.97. The molecule has 1 N–H and O–H groups in total. The molecule has 0 radical (unpaired) electrons. The number of nitrogens with zero attached hydrogens (tertiary/aromatic N) is 1. The highest BCUT2D eigenvalue weighted by Gasteiger charge is 1.98. The average Bonchev–Trinajstić information content (AvgIpc) is 2.16. The van der Waals surface area contributed by atoms with Crippen molar-refractivity contribution in [2.75, 3.05) is 0 Å². The molecule has 0 aliphatic heterocycles. The van der Waals surface area contributed by atoms with E-state index in [1.54, 1.807) is 12.1 Å². The van der Waals surface area contributed by atoms with Crippen molar-refractivity contribution < 1.29 is 9.90 Å². The third-order valence-electron chi connectivity index (χ3n) is 1.46. The van der Waals surface area contributed by atoms with Crippen molar-refractivity contribution in [3.63, 3.8) is 0 Å². The number of rotatable bonds is 2. The Morgan fingerprint density at radius 2 is 2.25 bits per heavy atom. The van der Waals surface area contributed by atoms with Gasteiger partial charge in [-0.1, -0.05) is 0 Å². The van der Waals surface area contributed by atoms with Crippen molar-refractivity contribution in [1.82, 2.24) is 0 Å². The number of carbonyl (C=O) groups is 1. The highest BCUT2D eigenvalue weighted by Crippen LogP contribution is 2.07. The number of aldehydes is 1. The summed E-state index contributed by atoms with van der Waals surface area (Å²) < 4.78 is 0. The van der Waals surface area contributed by atoms with E-state index in [0.717, 1.165) is 0 Å². The highest BCUT2D eigenvalue weighted by molar-refractivity contribution is 5.76. The molecular formula is C9H7NO2. The first-order valence-corrected chi connectivity index (χ1v) is 3.40. The Morgan fingerprint density at radius 1 is 1.50 bits per heavy atom. The van der Waals surface area contributed by atoms with Gasteiger partial charge >= 0.3 is 0 Å². The third kappa shape index (κ3) is 1.68. The predicted octanol–water partition coefficient (Wildman–Crippen LogP) is 0.863. The van der Waals surface area contributed by atoms with Crippen LogP contribution in [0, 0.1) is 11.3 Å². The van der Waals surface area contributed by atoms with Crippen LogP contribution in [-0.4, -0.2) is 11.4 Å². The first kappa shape index (κ1) is 8.44. The van der Waals surface area contributed by atoms with E-state index in [2.05, 4.69) is 0 Å². The predicted molar refractivity (Wildman–Crippen MR) is 42.5 cm³/mol. The average molecular weight is 161 g/mol. The van der Waals surface area contributed by atoms with Crippen LogP contribution in [-0.2, 0) is 6.61 Å². The van der Waals surface area contributed by atoms with Gasteiger partial charge in [0.25, 0.3) is 0 Å². The Kier molecular flexibility index (Phi) is 2.57. The molecule has 60 valence electrons. The summed E-state index contributed by atoms with van der Waals surface area (Å²) in [6.45, 7) is -0.156. The van der Waals surface area contributed by atoms with E-state index in [-0.39, 0.29) is 6.61 Å². The van der Waals surface area contributed by atoms with E-state index in [4.69, 9.17) is 10.4 Å². The second kappa shape index (κ2) is 3.65. The molecule has 12 heavy (non-hydrogen) atoms. The quantitative estimate of drug-likeness (QED) is 0.654. The second-order valence-electron chi connectivity index (χ2n) is 2.35. The number of aliphatic hydroxyl groups is 1. The molecule has 1 aromatic rings. The summed E-state index contributed by atoms with van der Waals surface area (Å²) in [6.07, 6.45) is 0.653. The standard InChI is InChI=1S/C9H7NO2/c10-4-7-1-8(5-11)3-9(2-7)6-12/h1-3,5,12H,6H2. The molecule has 0 unspecified atom stereocenters. The fourth-order valence-electron chi connectivity index (χ4n) is 0.942. The van der Waals surface area contributed by atoms with Crippen LogP contribution in [0.2, 0.25) is 0 Å². The topological polar surface area (TPSA) is 61.1 Å². The molecule has 0 aliphatic carbocycles. The molecule has 0 aliphatic rings. The monoisotopic (exact) mass is 161 g/mol. The molecule has 0 bridgehead atoms. The van der Waals surface area contributed by atoms with E-state index < -0.39 is 0 Å². The summed E-state index contributed by atoms with van der Waals surface area (Å²) in [5.41, 5.74) is 1.39. The fourth-order valence-corrected chi connectivity index (χ4v) is 0.942. The van der Waals surface area contributed by atoms with Crippen LogP contribution in [0.15, 0.2) is 18.2 Å². The van der Waals surface area contributed by atoms with E-state index in [1.807, 2.05) is 6.07 Å². The SMILES string of the molecule is N#Cc1cc(C=O)cc(CO)c1.